The van der Waals surface area contributed by atoms with Crippen LogP contribution in [0.4, 0.5) is 0 Å². The van der Waals surface area contributed by atoms with Gasteiger partial charge in [0, 0.05) is 36.6 Å². The largest absolute Gasteiger partial charge is 0.478 e. The zero-order chi connectivity index (χ0) is 22.1. The minimum Gasteiger partial charge on any atom is -0.478 e. The van der Waals surface area contributed by atoms with Crippen molar-refractivity contribution in [2.75, 3.05) is 0 Å². The fourth-order valence-corrected chi connectivity index (χ4v) is 4.03. The summed E-state index contributed by atoms with van der Waals surface area (Å²) in [5, 5.41) is 19.4. The molecule has 0 amide bonds. The minimum atomic E-state index is -1.26. The minimum absolute atomic E-state index is 0.558. The molecule has 0 radical (unpaired) electrons. The van der Waals surface area contributed by atoms with Crippen LogP contribution in [-0.2, 0) is 16.1 Å². The molecule has 6 heteroatoms. The standard InChI is InChI=1S/C20H28N2.C4H4O4/c1-15-12-16(2)20(17(3)13-15)22-11-7-10-19(22)14-21-18-8-5-4-6-9-18;5-3(6)1-2-4(7)8/h7,10-13,18,21H,4-6,8-9,14H2,1-3H3;1-2H,(H,5,6)(H,7,8)/b;2-1+. The van der Waals surface area contributed by atoms with E-state index in [1.54, 1.807) is 0 Å². The number of aromatic nitrogens is 1. The summed E-state index contributed by atoms with van der Waals surface area (Å²) < 4.78 is 2.36. The monoisotopic (exact) mass is 412 g/mol. The molecule has 0 unspecified atom stereocenters. The molecule has 0 aliphatic heterocycles. The molecule has 2 aromatic rings. The molecule has 1 saturated carbocycles. The number of nitrogens with one attached hydrogen (secondary N) is 1. The first-order chi connectivity index (χ1) is 14.3. The Hall–Kier alpha value is -2.86. The van der Waals surface area contributed by atoms with Crippen LogP contribution >= 0.6 is 0 Å². The Labute approximate surface area is 178 Å². The smallest absolute Gasteiger partial charge is 0.328 e. The number of hydrogen-bond acceptors (Lipinski definition) is 3. The Morgan fingerprint density at radius 3 is 2.13 bits per heavy atom. The summed E-state index contributed by atoms with van der Waals surface area (Å²) in [5.74, 6) is -2.51. The van der Waals surface area contributed by atoms with E-state index in [4.69, 9.17) is 10.2 Å². The van der Waals surface area contributed by atoms with Crippen LogP contribution < -0.4 is 5.32 Å². The van der Waals surface area contributed by atoms with Crippen molar-refractivity contribution in [2.45, 2.75) is 65.5 Å². The highest BCUT2D eigenvalue weighted by molar-refractivity contribution is 5.89. The van der Waals surface area contributed by atoms with E-state index >= 15 is 0 Å². The lowest BCUT2D eigenvalue weighted by Crippen LogP contribution is -2.31. The Bertz CT molecular complexity index is 853. The van der Waals surface area contributed by atoms with E-state index < -0.39 is 11.9 Å². The van der Waals surface area contributed by atoms with Gasteiger partial charge in [0.15, 0.2) is 0 Å². The predicted molar refractivity (Wildman–Crippen MR) is 118 cm³/mol. The van der Waals surface area contributed by atoms with E-state index in [0.717, 1.165) is 6.54 Å². The van der Waals surface area contributed by atoms with Crippen molar-refractivity contribution in [3.8, 4) is 5.69 Å². The van der Waals surface area contributed by atoms with Crippen molar-refractivity contribution in [1.29, 1.82) is 0 Å². The second-order valence-corrected chi connectivity index (χ2v) is 7.84. The van der Waals surface area contributed by atoms with Crippen LogP contribution in [0, 0.1) is 20.8 Å². The first-order valence-corrected chi connectivity index (χ1v) is 10.4. The molecule has 1 aromatic carbocycles. The Morgan fingerprint density at radius 1 is 1.03 bits per heavy atom. The van der Waals surface area contributed by atoms with Crippen LogP contribution in [0.1, 0.15) is 54.5 Å². The Kier molecular flexibility index (Phi) is 8.87. The lowest BCUT2D eigenvalue weighted by atomic mass is 9.95. The molecule has 6 nitrogen and oxygen atoms in total. The molecule has 1 aromatic heterocycles. The fraction of sp³-hybridized carbons (Fsp3) is 0.417. The van der Waals surface area contributed by atoms with Gasteiger partial charge < -0.3 is 20.1 Å². The van der Waals surface area contributed by atoms with Gasteiger partial charge in [0.25, 0.3) is 0 Å². The second-order valence-electron chi connectivity index (χ2n) is 7.84. The summed E-state index contributed by atoms with van der Waals surface area (Å²) in [5.41, 5.74) is 6.75. The number of carboxylic acid groups (broad SMARTS) is 2. The number of nitrogens with zero attached hydrogens (tertiary/aromatic N) is 1. The number of carbonyl (C=O) groups is 2. The third-order valence-corrected chi connectivity index (χ3v) is 5.25. The van der Waals surface area contributed by atoms with Gasteiger partial charge in [-0.25, -0.2) is 9.59 Å². The van der Waals surface area contributed by atoms with Crippen molar-refractivity contribution in [3.05, 3.63) is 65.0 Å². The molecular weight excluding hydrogens is 380 g/mol. The molecule has 0 spiro atoms. The van der Waals surface area contributed by atoms with Gasteiger partial charge in [0.2, 0.25) is 0 Å². The van der Waals surface area contributed by atoms with Crippen LogP contribution in [-0.4, -0.2) is 32.8 Å². The molecule has 0 saturated heterocycles. The van der Waals surface area contributed by atoms with Gasteiger partial charge in [-0.2, -0.15) is 0 Å². The number of hydrogen-bond donors (Lipinski definition) is 3. The summed E-state index contributed by atoms with van der Waals surface area (Å²) in [4.78, 5) is 19.1. The van der Waals surface area contributed by atoms with E-state index in [9.17, 15) is 9.59 Å². The van der Waals surface area contributed by atoms with Crippen LogP contribution in [0.2, 0.25) is 0 Å². The Balaban J connectivity index is 0.000000343. The highest BCUT2D eigenvalue weighted by Gasteiger charge is 2.14. The number of benzene rings is 1. The van der Waals surface area contributed by atoms with Gasteiger partial charge in [-0.15, -0.1) is 0 Å². The highest BCUT2D eigenvalue weighted by atomic mass is 16.4. The number of aryl methyl sites for hydroxylation is 3. The summed E-state index contributed by atoms with van der Waals surface area (Å²) in [6.45, 7) is 7.57. The van der Waals surface area contributed by atoms with Crippen molar-refractivity contribution >= 4 is 11.9 Å². The van der Waals surface area contributed by atoms with Gasteiger partial charge in [-0.3, -0.25) is 0 Å². The zero-order valence-electron chi connectivity index (χ0n) is 18.0. The average Bonchev–Trinajstić information content (AvgIpc) is 3.13. The second kappa shape index (κ2) is 11.4. The van der Waals surface area contributed by atoms with Gasteiger partial charge in [-0.05, 0) is 56.9 Å². The highest BCUT2D eigenvalue weighted by Crippen LogP contribution is 2.24. The van der Waals surface area contributed by atoms with Crippen LogP contribution in [0.25, 0.3) is 5.69 Å². The van der Waals surface area contributed by atoms with Crippen LogP contribution in [0.5, 0.6) is 0 Å². The van der Waals surface area contributed by atoms with E-state index in [1.807, 2.05) is 0 Å². The van der Waals surface area contributed by atoms with Crippen molar-refractivity contribution in [1.82, 2.24) is 9.88 Å². The predicted octanol–water partition coefficient (Wildman–Crippen LogP) is 4.54. The molecule has 0 bridgehead atoms. The van der Waals surface area contributed by atoms with E-state index in [0.29, 0.717) is 18.2 Å². The third-order valence-electron chi connectivity index (χ3n) is 5.25. The summed E-state index contributed by atoms with van der Waals surface area (Å²) >= 11 is 0. The molecular formula is C24H32N2O4. The maximum Gasteiger partial charge on any atom is 0.328 e. The quantitative estimate of drug-likeness (QED) is 0.606. The lowest BCUT2D eigenvalue weighted by molar-refractivity contribution is -0.134. The summed E-state index contributed by atoms with van der Waals surface area (Å²) in [6.07, 6.45) is 10.2. The van der Waals surface area contributed by atoms with Gasteiger partial charge in [0.1, 0.15) is 0 Å². The molecule has 1 aliphatic carbocycles. The third kappa shape index (κ3) is 7.19. The first-order valence-electron chi connectivity index (χ1n) is 10.4. The topological polar surface area (TPSA) is 91.6 Å². The fourth-order valence-electron chi connectivity index (χ4n) is 4.03. The van der Waals surface area contributed by atoms with Crippen molar-refractivity contribution in [2.24, 2.45) is 0 Å². The van der Waals surface area contributed by atoms with E-state index in [2.05, 4.69) is 61.1 Å². The van der Waals surface area contributed by atoms with E-state index in [-0.39, 0.29) is 0 Å². The molecule has 162 valence electrons. The average molecular weight is 413 g/mol. The van der Waals surface area contributed by atoms with Crippen LogP contribution in [0.15, 0.2) is 42.6 Å². The molecule has 3 N–H and O–H groups in total. The number of carboxylic acids is 2. The normalized spacial score (nSPS) is 14.4. The maximum atomic E-state index is 9.55. The molecule has 1 fully saturated rings. The lowest BCUT2D eigenvalue weighted by Gasteiger charge is -2.23. The first kappa shape index (κ1) is 23.4. The molecule has 0 atom stereocenters. The van der Waals surface area contributed by atoms with Crippen molar-refractivity contribution < 1.29 is 19.8 Å². The van der Waals surface area contributed by atoms with Gasteiger partial charge in [0.05, 0.1) is 5.69 Å². The Morgan fingerprint density at radius 2 is 1.60 bits per heavy atom. The van der Waals surface area contributed by atoms with Crippen LogP contribution in [0.3, 0.4) is 0 Å². The summed E-state index contributed by atoms with van der Waals surface area (Å²) in [6, 6.07) is 9.67. The zero-order valence-corrected chi connectivity index (χ0v) is 18.0. The molecule has 1 heterocycles. The van der Waals surface area contributed by atoms with Crippen molar-refractivity contribution in [3.63, 3.8) is 0 Å². The molecule has 3 rings (SSSR count). The SMILES string of the molecule is Cc1cc(C)c(-n2cccc2CNC2CCCCC2)c(C)c1.O=C(O)/C=C/C(=O)O. The maximum absolute atomic E-state index is 9.55. The van der Waals surface area contributed by atoms with Gasteiger partial charge in [-0.1, -0.05) is 37.0 Å². The number of aliphatic carboxylic acids is 2. The summed E-state index contributed by atoms with van der Waals surface area (Å²) in [7, 11) is 0. The van der Waals surface area contributed by atoms with Gasteiger partial charge >= 0.3 is 11.9 Å². The number of rotatable bonds is 6. The molecule has 30 heavy (non-hydrogen) atoms. The van der Waals surface area contributed by atoms with E-state index in [1.165, 1.54) is 60.2 Å². The molecule has 1 aliphatic rings.